The molecule has 33 heavy (non-hydrogen) atoms. The van der Waals surface area contributed by atoms with Gasteiger partial charge in [0.1, 0.15) is 5.60 Å². The van der Waals surface area contributed by atoms with Crippen LogP contribution in [0.25, 0.3) is 0 Å². The van der Waals surface area contributed by atoms with Gasteiger partial charge in [-0.3, -0.25) is 0 Å². The SMILES string of the molecule is Fc1cc([S+](c2ccccc2)c2ccccc2)ccc1OC1(C2CC3CCC2O3)CCCC1. The first-order chi connectivity index (χ1) is 16.2. The minimum Gasteiger partial charge on any atom is -0.484 e. The standard InChI is InChI=1S/C29H30FO2S/c30-26-20-24(33(22-9-3-1-4-10-22)23-11-5-2-6-12-23)14-16-28(26)32-29(17-7-8-18-29)25-19-21-13-15-27(25)31-21/h1-6,9-12,14,16,20-21,25,27H,7-8,13,15,17-19H2/q+1. The fourth-order valence-corrected chi connectivity index (χ4v) is 8.25. The zero-order valence-electron chi connectivity index (χ0n) is 18.8. The molecule has 1 aliphatic carbocycles. The van der Waals surface area contributed by atoms with Gasteiger partial charge in [-0.1, -0.05) is 36.4 Å². The lowest BCUT2D eigenvalue weighted by atomic mass is 9.75. The van der Waals surface area contributed by atoms with Crippen LogP contribution in [-0.4, -0.2) is 17.8 Å². The smallest absolute Gasteiger partial charge is 0.170 e. The second-order valence-corrected chi connectivity index (χ2v) is 11.6. The first kappa shape index (κ1) is 21.2. The van der Waals surface area contributed by atoms with Crippen molar-refractivity contribution in [3.63, 3.8) is 0 Å². The lowest BCUT2D eigenvalue weighted by molar-refractivity contribution is -0.0222. The third kappa shape index (κ3) is 3.98. The number of hydrogen-bond donors (Lipinski definition) is 0. The van der Waals surface area contributed by atoms with E-state index in [2.05, 4.69) is 30.3 Å². The highest BCUT2D eigenvalue weighted by atomic mass is 32.2. The van der Waals surface area contributed by atoms with Crippen LogP contribution in [0, 0.1) is 11.7 Å². The molecule has 2 bridgehead atoms. The van der Waals surface area contributed by atoms with E-state index >= 15 is 4.39 Å². The fraction of sp³-hybridized carbons (Fsp3) is 0.379. The molecule has 3 unspecified atom stereocenters. The molecule has 1 saturated carbocycles. The van der Waals surface area contributed by atoms with Gasteiger partial charge >= 0.3 is 0 Å². The molecule has 2 nitrogen and oxygen atoms in total. The summed E-state index contributed by atoms with van der Waals surface area (Å²) in [5, 5.41) is 0. The maximum Gasteiger partial charge on any atom is 0.170 e. The third-order valence-corrected chi connectivity index (χ3v) is 9.85. The molecule has 4 heteroatoms. The molecule has 0 spiro atoms. The van der Waals surface area contributed by atoms with E-state index in [0.717, 1.165) is 43.4 Å². The van der Waals surface area contributed by atoms with Crippen LogP contribution in [0.5, 0.6) is 5.75 Å². The van der Waals surface area contributed by atoms with Gasteiger partial charge in [-0.2, -0.15) is 0 Å². The summed E-state index contributed by atoms with van der Waals surface area (Å²) in [7, 11) is -0.366. The van der Waals surface area contributed by atoms with Crippen LogP contribution in [0.4, 0.5) is 4.39 Å². The Morgan fingerprint density at radius 2 is 1.48 bits per heavy atom. The van der Waals surface area contributed by atoms with Gasteiger partial charge in [-0.05, 0) is 81.3 Å². The third-order valence-electron chi connectivity index (χ3n) is 7.64. The molecule has 2 saturated heterocycles. The average molecular weight is 462 g/mol. The second kappa shape index (κ2) is 8.81. The molecular formula is C29H30FO2S+. The van der Waals surface area contributed by atoms with Crippen LogP contribution in [0.3, 0.4) is 0 Å². The molecule has 3 aromatic carbocycles. The largest absolute Gasteiger partial charge is 0.484 e. The molecule has 3 aliphatic rings. The van der Waals surface area contributed by atoms with Gasteiger partial charge in [0.25, 0.3) is 0 Å². The summed E-state index contributed by atoms with van der Waals surface area (Å²) < 4.78 is 28.4. The van der Waals surface area contributed by atoms with Crippen molar-refractivity contribution in [2.24, 2.45) is 5.92 Å². The Labute approximate surface area is 198 Å². The quantitative estimate of drug-likeness (QED) is 0.362. The summed E-state index contributed by atoms with van der Waals surface area (Å²) in [4.78, 5) is 3.34. The summed E-state index contributed by atoms with van der Waals surface area (Å²) >= 11 is 0. The van der Waals surface area contributed by atoms with Crippen LogP contribution in [0.1, 0.15) is 44.9 Å². The molecular weight excluding hydrogens is 431 g/mol. The van der Waals surface area contributed by atoms with E-state index < -0.39 is 0 Å². The van der Waals surface area contributed by atoms with E-state index in [1.807, 2.05) is 42.5 Å². The van der Waals surface area contributed by atoms with Gasteiger partial charge in [0.2, 0.25) is 0 Å². The minimum absolute atomic E-state index is 0.257. The van der Waals surface area contributed by atoms with E-state index in [0.29, 0.717) is 17.8 Å². The monoisotopic (exact) mass is 461 g/mol. The molecule has 0 radical (unpaired) electrons. The molecule has 0 aromatic heterocycles. The topological polar surface area (TPSA) is 18.5 Å². The van der Waals surface area contributed by atoms with Crippen LogP contribution < -0.4 is 4.74 Å². The van der Waals surface area contributed by atoms with Gasteiger partial charge in [0.15, 0.2) is 26.3 Å². The Balaban J connectivity index is 1.32. The minimum atomic E-state index is -0.366. The lowest BCUT2D eigenvalue weighted by Crippen LogP contribution is -2.45. The van der Waals surface area contributed by atoms with Crippen molar-refractivity contribution in [3.05, 3.63) is 84.7 Å². The molecule has 0 amide bonds. The number of halogens is 1. The molecule has 2 aliphatic heterocycles. The Hall–Kier alpha value is -2.30. The Morgan fingerprint density at radius 3 is 2.03 bits per heavy atom. The van der Waals surface area contributed by atoms with Gasteiger partial charge in [-0.25, -0.2) is 4.39 Å². The lowest BCUT2D eigenvalue weighted by Gasteiger charge is -2.39. The summed E-state index contributed by atoms with van der Waals surface area (Å²) in [6.45, 7) is 0. The highest BCUT2D eigenvalue weighted by Crippen LogP contribution is 2.51. The Kier molecular flexibility index (Phi) is 5.67. The summed E-state index contributed by atoms with van der Waals surface area (Å²) in [6, 6.07) is 26.4. The van der Waals surface area contributed by atoms with E-state index in [-0.39, 0.29) is 28.4 Å². The number of hydrogen-bond acceptors (Lipinski definition) is 2. The fourth-order valence-electron chi connectivity index (χ4n) is 6.15. The average Bonchev–Trinajstić information content (AvgIpc) is 3.61. The van der Waals surface area contributed by atoms with Gasteiger partial charge in [0.05, 0.1) is 23.1 Å². The number of rotatable bonds is 6. The van der Waals surface area contributed by atoms with Crippen molar-refractivity contribution >= 4 is 10.9 Å². The molecule has 3 aromatic rings. The van der Waals surface area contributed by atoms with Crippen molar-refractivity contribution in [2.45, 2.75) is 77.4 Å². The predicted octanol–water partition coefficient (Wildman–Crippen LogP) is 7.18. The van der Waals surface area contributed by atoms with Crippen LogP contribution in [-0.2, 0) is 15.6 Å². The normalized spacial score (nSPS) is 25.6. The van der Waals surface area contributed by atoms with Crippen molar-refractivity contribution in [2.75, 3.05) is 0 Å². The van der Waals surface area contributed by atoms with E-state index in [1.54, 1.807) is 6.07 Å². The van der Waals surface area contributed by atoms with E-state index in [1.165, 1.54) is 16.2 Å². The first-order valence-electron chi connectivity index (χ1n) is 12.2. The second-order valence-electron chi connectivity index (χ2n) is 9.61. The van der Waals surface area contributed by atoms with Gasteiger partial charge in [-0.15, -0.1) is 0 Å². The summed E-state index contributed by atoms with van der Waals surface area (Å²) in [6.07, 6.45) is 8.34. The molecule has 2 heterocycles. The molecule has 6 rings (SSSR count). The van der Waals surface area contributed by atoms with Gasteiger partial charge in [0, 0.05) is 12.0 Å². The maximum atomic E-state index is 15.6. The Morgan fingerprint density at radius 1 is 0.818 bits per heavy atom. The van der Waals surface area contributed by atoms with Crippen molar-refractivity contribution < 1.29 is 13.9 Å². The Bertz CT molecular complexity index is 1060. The van der Waals surface area contributed by atoms with Crippen LogP contribution in [0.2, 0.25) is 0 Å². The highest BCUT2D eigenvalue weighted by molar-refractivity contribution is 7.97. The zero-order chi connectivity index (χ0) is 22.3. The zero-order valence-corrected chi connectivity index (χ0v) is 19.6. The van der Waals surface area contributed by atoms with Crippen LogP contribution in [0.15, 0.2) is 93.5 Å². The molecule has 3 atom stereocenters. The summed E-state index contributed by atoms with van der Waals surface area (Å²) in [5.74, 6) is 0.529. The van der Waals surface area contributed by atoms with Gasteiger partial charge < -0.3 is 9.47 Å². The molecule has 170 valence electrons. The van der Waals surface area contributed by atoms with E-state index in [9.17, 15) is 0 Å². The summed E-state index contributed by atoms with van der Waals surface area (Å²) in [5.41, 5.74) is -0.275. The van der Waals surface area contributed by atoms with Crippen molar-refractivity contribution in [3.8, 4) is 5.75 Å². The highest BCUT2D eigenvalue weighted by Gasteiger charge is 2.54. The number of ether oxygens (including phenoxy) is 2. The molecule has 0 N–H and O–H groups in total. The van der Waals surface area contributed by atoms with Crippen molar-refractivity contribution in [1.29, 1.82) is 0 Å². The van der Waals surface area contributed by atoms with Crippen LogP contribution >= 0.6 is 0 Å². The first-order valence-corrected chi connectivity index (χ1v) is 13.4. The maximum absolute atomic E-state index is 15.6. The molecule has 3 fully saturated rings. The van der Waals surface area contributed by atoms with Crippen molar-refractivity contribution in [1.82, 2.24) is 0 Å². The number of fused-ring (bicyclic) bond motifs is 2. The number of benzene rings is 3. The predicted molar refractivity (Wildman–Crippen MR) is 129 cm³/mol. The van der Waals surface area contributed by atoms with E-state index in [4.69, 9.17) is 9.47 Å².